The van der Waals surface area contributed by atoms with E-state index >= 15 is 0 Å². The largest absolute Gasteiger partial charge is 0.343 e. The number of benzene rings is 4. The number of carbonyl (C=O) groups excluding carboxylic acids is 3. The molecule has 0 aliphatic carbocycles. The van der Waals surface area contributed by atoms with Crippen LogP contribution in [0.4, 0.5) is 0 Å². The Morgan fingerprint density at radius 3 is 1.54 bits per heavy atom. The van der Waals surface area contributed by atoms with Crippen LogP contribution in [0.1, 0.15) is 43.4 Å². The summed E-state index contributed by atoms with van der Waals surface area (Å²) in [5, 5.41) is 3.13. The predicted molar refractivity (Wildman–Crippen MR) is 134 cm³/mol. The van der Waals surface area contributed by atoms with E-state index in [2.05, 4.69) is 5.32 Å². The van der Waals surface area contributed by atoms with Crippen LogP contribution in [0.2, 0.25) is 0 Å². The molecule has 1 heterocycles. The molecule has 0 unspecified atom stereocenters. The molecule has 4 aromatic carbocycles. The van der Waals surface area contributed by atoms with Gasteiger partial charge >= 0.3 is 0 Å². The van der Waals surface area contributed by atoms with Crippen LogP contribution < -0.4 is 5.32 Å². The molecule has 1 atom stereocenters. The normalized spacial score (nSPS) is 13.6. The highest BCUT2D eigenvalue weighted by Gasteiger charge is 2.43. The summed E-state index contributed by atoms with van der Waals surface area (Å²) in [5.41, 5.74) is 3.33. The summed E-state index contributed by atoms with van der Waals surface area (Å²) >= 11 is 0. The molecule has 0 aromatic heterocycles. The average Bonchev–Trinajstić information content (AvgIpc) is 3.17. The van der Waals surface area contributed by atoms with Crippen LogP contribution >= 0.6 is 0 Å². The summed E-state index contributed by atoms with van der Waals surface area (Å²) in [5.74, 6) is -1.28. The highest BCUT2D eigenvalue weighted by molar-refractivity contribution is 6.22. The monoisotopic (exact) mass is 460 g/mol. The molecule has 172 valence electrons. The maximum Gasteiger partial charge on any atom is 0.262 e. The van der Waals surface area contributed by atoms with Crippen LogP contribution in [-0.2, 0) is 11.2 Å². The van der Waals surface area contributed by atoms with Gasteiger partial charge in [-0.3, -0.25) is 19.3 Å². The van der Waals surface area contributed by atoms with Crippen molar-refractivity contribution in [2.75, 3.05) is 0 Å². The summed E-state index contributed by atoms with van der Waals surface area (Å²) < 4.78 is 0. The molecule has 4 aromatic rings. The zero-order chi connectivity index (χ0) is 24.2. The SMILES string of the molecule is O=C(NC(c1ccccc1)c1ccccc1)[C@H](Cc1ccccc1)N1C(=O)c2ccccc2C1=O. The Morgan fingerprint density at radius 1 is 0.629 bits per heavy atom. The minimum absolute atomic E-state index is 0.217. The highest BCUT2D eigenvalue weighted by Crippen LogP contribution is 2.28. The van der Waals surface area contributed by atoms with Crippen molar-refractivity contribution in [3.05, 3.63) is 143 Å². The standard InChI is InChI=1S/C30H24N2O3/c33-28(31-27(22-14-6-2-7-15-22)23-16-8-3-9-17-23)26(20-21-12-4-1-5-13-21)32-29(34)24-18-10-11-19-25(24)30(32)35/h1-19,26-27H,20H2,(H,31,33)/t26-/m0/s1. The predicted octanol–water partition coefficient (Wildman–Crippen LogP) is 4.80. The van der Waals surface area contributed by atoms with E-state index in [1.165, 1.54) is 0 Å². The van der Waals surface area contributed by atoms with Gasteiger partial charge in [0.25, 0.3) is 11.8 Å². The first-order chi connectivity index (χ1) is 17.1. The molecule has 0 saturated heterocycles. The topological polar surface area (TPSA) is 66.5 Å². The van der Waals surface area contributed by atoms with E-state index in [4.69, 9.17) is 0 Å². The van der Waals surface area contributed by atoms with Gasteiger partial charge in [0.15, 0.2) is 0 Å². The molecule has 3 amide bonds. The number of hydrogen-bond acceptors (Lipinski definition) is 3. The van der Waals surface area contributed by atoms with Crippen molar-refractivity contribution in [3.8, 4) is 0 Å². The van der Waals surface area contributed by atoms with Gasteiger partial charge < -0.3 is 5.32 Å². The van der Waals surface area contributed by atoms with Crippen molar-refractivity contribution in [2.24, 2.45) is 0 Å². The maximum atomic E-state index is 13.9. The van der Waals surface area contributed by atoms with E-state index in [1.807, 2.05) is 91.0 Å². The van der Waals surface area contributed by atoms with Crippen LogP contribution in [0.25, 0.3) is 0 Å². The van der Waals surface area contributed by atoms with Crippen molar-refractivity contribution >= 4 is 17.7 Å². The summed E-state index contributed by atoms with van der Waals surface area (Å²) in [6, 6.07) is 34.0. The van der Waals surface area contributed by atoms with Crippen LogP contribution in [0, 0.1) is 0 Å². The molecule has 0 fully saturated rings. The average molecular weight is 461 g/mol. The van der Waals surface area contributed by atoms with E-state index in [1.54, 1.807) is 24.3 Å². The van der Waals surface area contributed by atoms with E-state index in [0.717, 1.165) is 21.6 Å². The van der Waals surface area contributed by atoms with Gasteiger partial charge in [-0.15, -0.1) is 0 Å². The van der Waals surface area contributed by atoms with Crippen molar-refractivity contribution in [3.63, 3.8) is 0 Å². The number of nitrogens with zero attached hydrogens (tertiary/aromatic N) is 1. The van der Waals surface area contributed by atoms with Gasteiger partial charge in [0, 0.05) is 6.42 Å². The third-order valence-corrected chi connectivity index (χ3v) is 6.26. The number of rotatable bonds is 7. The van der Waals surface area contributed by atoms with E-state index in [-0.39, 0.29) is 12.3 Å². The zero-order valence-corrected chi connectivity index (χ0v) is 19.0. The number of hydrogen-bond donors (Lipinski definition) is 1. The molecule has 0 spiro atoms. The van der Waals surface area contributed by atoms with Crippen LogP contribution in [-0.4, -0.2) is 28.7 Å². The van der Waals surface area contributed by atoms with Crippen molar-refractivity contribution in [1.29, 1.82) is 0 Å². The lowest BCUT2D eigenvalue weighted by Gasteiger charge is -2.28. The Morgan fingerprint density at radius 2 is 1.06 bits per heavy atom. The van der Waals surface area contributed by atoms with Gasteiger partial charge in [0.1, 0.15) is 6.04 Å². The lowest BCUT2D eigenvalue weighted by molar-refractivity contribution is -0.125. The molecule has 1 N–H and O–H groups in total. The van der Waals surface area contributed by atoms with Crippen molar-refractivity contribution in [2.45, 2.75) is 18.5 Å². The Kier molecular flexibility index (Phi) is 6.22. The van der Waals surface area contributed by atoms with Gasteiger partial charge in [0.05, 0.1) is 17.2 Å². The molecule has 0 radical (unpaired) electrons. The lowest BCUT2D eigenvalue weighted by atomic mass is 9.97. The molecular formula is C30H24N2O3. The number of nitrogens with one attached hydrogen (secondary N) is 1. The first-order valence-corrected chi connectivity index (χ1v) is 11.5. The van der Waals surface area contributed by atoms with Gasteiger partial charge in [-0.2, -0.15) is 0 Å². The summed E-state index contributed by atoms with van der Waals surface area (Å²) in [4.78, 5) is 41.6. The second kappa shape index (κ2) is 9.77. The van der Waals surface area contributed by atoms with Crippen LogP contribution in [0.15, 0.2) is 115 Å². The van der Waals surface area contributed by atoms with E-state index < -0.39 is 23.9 Å². The summed E-state index contributed by atoms with van der Waals surface area (Å²) in [7, 11) is 0. The molecule has 5 nitrogen and oxygen atoms in total. The van der Waals surface area contributed by atoms with Crippen LogP contribution in [0.5, 0.6) is 0 Å². The van der Waals surface area contributed by atoms with Crippen molar-refractivity contribution < 1.29 is 14.4 Å². The first-order valence-electron chi connectivity index (χ1n) is 11.5. The molecule has 1 aliphatic rings. The van der Waals surface area contributed by atoms with Gasteiger partial charge in [-0.1, -0.05) is 103 Å². The van der Waals surface area contributed by atoms with E-state index in [9.17, 15) is 14.4 Å². The molecule has 0 bridgehead atoms. The van der Waals surface area contributed by atoms with Gasteiger partial charge in [0.2, 0.25) is 5.91 Å². The number of carbonyl (C=O) groups is 3. The molecule has 5 heteroatoms. The third-order valence-electron chi connectivity index (χ3n) is 6.26. The minimum atomic E-state index is -1.00. The maximum absolute atomic E-state index is 13.9. The fraction of sp³-hybridized carbons (Fsp3) is 0.100. The number of fused-ring (bicyclic) bond motifs is 1. The Labute approximate surface area is 204 Å². The lowest BCUT2D eigenvalue weighted by Crippen LogP contribution is -2.51. The summed E-state index contributed by atoms with van der Waals surface area (Å²) in [6.45, 7) is 0. The Balaban J connectivity index is 1.52. The fourth-order valence-corrected chi connectivity index (χ4v) is 4.52. The highest BCUT2D eigenvalue weighted by atomic mass is 16.2. The minimum Gasteiger partial charge on any atom is -0.343 e. The smallest absolute Gasteiger partial charge is 0.262 e. The second-order valence-corrected chi connectivity index (χ2v) is 8.49. The third kappa shape index (κ3) is 4.49. The molecular weight excluding hydrogens is 436 g/mol. The summed E-state index contributed by atoms with van der Waals surface area (Å²) in [6.07, 6.45) is 0.217. The first kappa shape index (κ1) is 22.3. The Bertz CT molecular complexity index is 1280. The quantitative estimate of drug-likeness (QED) is 0.403. The van der Waals surface area contributed by atoms with Gasteiger partial charge in [-0.25, -0.2) is 0 Å². The molecule has 1 aliphatic heterocycles. The van der Waals surface area contributed by atoms with Gasteiger partial charge in [-0.05, 0) is 28.8 Å². The molecule has 5 rings (SSSR count). The van der Waals surface area contributed by atoms with E-state index in [0.29, 0.717) is 11.1 Å². The van der Waals surface area contributed by atoms with Crippen molar-refractivity contribution in [1.82, 2.24) is 10.2 Å². The molecule has 35 heavy (non-hydrogen) atoms. The number of imide groups is 1. The zero-order valence-electron chi connectivity index (χ0n) is 19.0. The second-order valence-electron chi connectivity index (χ2n) is 8.49. The number of amides is 3. The van der Waals surface area contributed by atoms with Crippen LogP contribution in [0.3, 0.4) is 0 Å². The molecule has 0 saturated carbocycles. The Hall–Kier alpha value is -4.51. The fourth-order valence-electron chi connectivity index (χ4n) is 4.52.